The van der Waals surface area contributed by atoms with Gasteiger partial charge in [-0.25, -0.2) is 0 Å². The normalized spacial score (nSPS) is 26.1. The number of allylic oxidation sites excluding steroid dienone is 2. The maximum absolute atomic E-state index is 13.1. The van der Waals surface area contributed by atoms with Crippen molar-refractivity contribution in [2.45, 2.75) is 26.3 Å². The second kappa shape index (κ2) is 6.87. The summed E-state index contributed by atoms with van der Waals surface area (Å²) in [5, 5.41) is 0. The van der Waals surface area contributed by atoms with E-state index >= 15 is 0 Å². The Hall–Kier alpha value is -2.35. The molecule has 0 spiro atoms. The zero-order chi connectivity index (χ0) is 17.2. The lowest BCUT2D eigenvalue weighted by molar-refractivity contribution is -0.143. The van der Waals surface area contributed by atoms with Crippen LogP contribution >= 0.6 is 0 Å². The summed E-state index contributed by atoms with van der Waals surface area (Å²) in [6, 6.07) is 21.0. The Bertz CT molecular complexity index is 765. The molecule has 1 aliphatic carbocycles. The first-order chi connectivity index (χ1) is 12.2. The van der Waals surface area contributed by atoms with Crippen LogP contribution in [-0.2, 0) is 11.3 Å². The summed E-state index contributed by atoms with van der Waals surface area (Å²) >= 11 is 0. The molecule has 1 saturated heterocycles. The molecule has 2 aromatic rings. The van der Waals surface area contributed by atoms with E-state index in [-0.39, 0.29) is 5.92 Å². The molecule has 1 heterocycles. The number of likely N-dealkylation sites (tertiary alicyclic amines) is 1. The van der Waals surface area contributed by atoms with Crippen LogP contribution < -0.4 is 0 Å². The maximum atomic E-state index is 13.1. The number of benzene rings is 2. The topological polar surface area (TPSA) is 20.3 Å². The molecule has 0 unspecified atom stereocenters. The van der Waals surface area contributed by atoms with Crippen molar-refractivity contribution in [2.24, 2.45) is 17.8 Å². The number of piperidine rings is 1. The molecule has 2 nitrogen and oxygen atoms in total. The molecule has 128 valence electrons. The maximum Gasteiger partial charge on any atom is 0.226 e. The van der Waals surface area contributed by atoms with Gasteiger partial charge in [-0.15, -0.1) is 0 Å². The van der Waals surface area contributed by atoms with Gasteiger partial charge in [0.2, 0.25) is 5.91 Å². The highest BCUT2D eigenvalue weighted by Gasteiger charge is 2.41. The first-order valence-corrected chi connectivity index (χ1v) is 9.31. The Labute approximate surface area is 150 Å². The minimum atomic E-state index is 0.143. The fourth-order valence-corrected chi connectivity index (χ4v) is 4.47. The van der Waals surface area contributed by atoms with Gasteiger partial charge in [-0.3, -0.25) is 4.79 Å². The smallest absolute Gasteiger partial charge is 0.226 e. The third-order valence-electron chi connectivity index (χ3n) is 5.72. The quantitative estimate of drug-likeness (QED) is 0.793. The highest BCUT2D eigenvalue weighted by Crippen LogP contribution is 2.42. The van der Waals surface area contributed by atoms with Crippen LogP contribution in [0.15, 0.2) is 66.7 Å². The van der Waals surface area contributed by atoms with Crippen molar-refractivity contribution >= 4 is 11.5 Å². The van der Waals surface area contributed by atoms with Crippen LogP contribution in [0.4, 0.5) is 0 Å². The first-order valence-electron chi connectivity index (χ1n) is 9.31. The number of nitrogens with zero attached hydrogens (tertiary/aromatic N) is 1. The number of hydrogen-bond donors (Lipinski definition) is 0. The average Bonchev–Trinajstić information content (AvgIpc) is 2.65. The van der Waals surface area contributed by atoms with Gasteiger partial charge in [0.05, 0.1) is 0 Å². The van der Waals surface area contributed by atoms with Gasteiger partial charge in [0.1, 0.15) is 0 Å². The number of carbonyl (C=O) groups excluding carboxylic acids is 1. The predicted octanol–water partition coefficient (Wildman–Crippen LogP) is 4.77. The summed E-state index contributed by atoms with van der Waals surface area (Å²) in [6.45, 7) is 3.85. The predicted molar refractivity (Wildman–Crippen MR) is 102 cm³/mol. The molecule has 1 amide bonds. The molecule has 4 rings (SSSR count). The van der Waals surface area contributed by atoms with Crippen molar-refractivity contribution in [1.82, 2.24) is 4.90 Å². The molecule has 25 heavy (non-hydrogen) atoms. The van der Waals surface area contributed by atoms with Crippen LogP contribution in [0.25, 0.3) is 5.57 Å². The Morgan fingerprint density at radius 1 is 1.00 bits per heavy atom. The van der Waals surface area contributed by atoms with E-state index in [2.05, 4.69) is 60.4 Å². The van der Waals surface area contributed by atoms with Crippen LogP contribution in [0, 0.1) is 17.8 Å². The second-order valence-corrected chi connectivity index (χ2v) is 7.46. The van der Waals surface area contributed by atoms with Crippen molar-refractivity contribution < 1.29 is 4.79 Å². The lowest BCUT2D eigenvalue weighted by Gasteiger charge is -2.42. The molecule has 2 aliphatic rings. The Balaban J connectivity index is 1.54. The zero-order valence-corrected chi connectivity index (χ0v) is 14.8. The van der Waals surface area contributed by atoms with Gasteiger partial charge in [-0.1, -0.05) is 73.7 Å². The number of amides is 1. The second-order valence-electron chi connectivity index (χ2n) is 7.46. The third kappa shape index (κ3) is 3.26. The fraction of sp³-hybridized carbons (Fsp3) is 0.348. The van der Waals surface area contributed by atoms with Crippen LogP contribution in [0.5, 0.6) is 0 Å². The van der Waals surface area contributed by atoms with Crippen LogP contribution in [0.3, 0.4) is 0 Å². The van der Waals surface area contributed by atoms with E-state index in [0.29, 0.717) is 17.7 Å². The van der Waals surface area contributed by atoms with Crippen molar-refractivity contribution in [3.8, 4) is 0 Å². The third-order valence-corrected chi connectivity index (χ3v) is 5.72. The lowest BCUT2D eigenvalue weighted by Crippen LogP contribution is -2.48. The van der Waals surface area contributed by atoms with Crippen molar-refractivity contribution in [3.63, 3.8) is 0 Å². The Morgan fingerprint density at radius 2 is 1.68 bits per heavy atom. The molecule has 1 aliphatic heterocycles. The first kappa shape index (κ1) is 16.1. The van der Waals surface area contributed by atoms with E-state index in [4.69, 9.17) is 0 Å². The summed E-state index contributed by atoms with van der Waals surface area (Å²) in [5.41, 5.74) is 3.95. The van der Waals surface area contributed by atoms with E-state index in [1.807, 2.05) is 18.2 Å². The van der Waals surface area contributed by atoms with E-state index in [1.165, 1.54) is 16.7 Å². The summed E-state index contributed by atoms with van der Waals surface area (Å²) in [4.78, 5) is 15.2. The van der Waals surface area contributed by atoms with Gasteiger partial charge in [-0.05, 0) is 41.4 Å². The van der Waals surface area contributed by atoms with Crippen molar-refractivity contribution in [3.05, 3.63) is 77.9 Å². The SMILES string of the molecule is C[C@H]1CC(c2ccccc2)=C[C@@H]2CCN(Cc3ccccc3)C(=O)[C@@H]21. The number of fused-ring (bicyclic) bond motifs is 1. The molecule has 3 atom stereocenters. The number of carbonyl (C=O) groups is 1. The summed E-state index contributed by atoms with van der Waals surface area (Å²) < 4.78 is 0. The molecule has 2 aromatic carbocycles. The van der Waals surface area contributed by atoms with Gasteiger partial charge in [0.25, 0.3) is 0 Å². The number of rotatable bonds is 3. The van der Waals surface area contributed by atoms with Gasteiger partial charge >= 0.3 is 0 Å². The summed E-state index contributed by atoms with van der Waals surface area (Å²) in [6.07, 6.45) is 4.46. The molecule has 0 N–H and O–H groups in total. The van der Waals surface area contributed by atoms with Gasteiger partial charge in [-0.2, -0.15) is 0 Å². The van der Waals surface area contributed by atoms with Crippen LogP contribution in [0.1, 0.15) is 30.9 Å². The molecule has 0 aromatic heterocycles. The molecular formula is C23H25NO. The minimum absolute atomic E-state index is 0.143. The van der Waals surface area contributed by atoms with Gasteiger partial charge in [0.15, 0.2) is 0 Å². The molecule has 0 radical (unpaired) electrons. The highest BCUT2D eigenvalue weighted by atomic mass is 16.2. The van der Waals surface area contributed by atoms with E-state index in [1.54, 1.807) is 0 Å². The molecule has 0 bridgehead atoms. The zero-order valence-electron chi connectivity index (χ0n) is 14.8. The average molecular weight is 331 g/mol. The highest BCUT2D eigenvalue weighted by molar-refractivity contribution is 5.82. The minimum Gasteiger partial charge on any atom is -0.338 e. The van der Waals surface area contributed by atoms with Crippen molar-refractivity contribution in [1.29, 1.82) is 0 Å². The molecule has 0 saturated carbocycles. The standard InChI is InChI=1S/C23H25NO/c1-17-14-21(19-10-6-3-7-11-19)15-20-12-13-24(23(25)22(17)20)16-18-8-4-2-5-9-18/h2-11,15,17,20,22H,12-14,16H2,1H3/t17-,20-,22+/m0/s1. The van der Waals surface area contributed by atoms with E-state index in [0.717, 1.165) is 25.9 Å². The Kier molecular flexibility index (Phi) is 4.44. The van der Waals surface area contributed by atoms with Gasteiger partial charge < -0.3 is 4.90 Å². The number of hydrogen-bond acceptors (Lipinski definition) is 1. The summed E-state index contributed by atoms with van der Waals surface area (Å²) in [7, 11) is 0. The molecule has 1 fully saturated rings. The Morgan fingerprint density at radius 3 is 2.40 bits per heavy atom. The largest absolute Gasteiger partial charge is 0.338 e. The molecule has 2 heteroatoms. The molecular weight excluding hydrogens is 306 g/mol. The van der Waals surface area contributed by atoms with Crippen molar-refractivity contribution in [2.75, 3.05) is 6.54 Å². The fourth-order valence-electron chi connectivity index (χ4n) is 4.47. The lowest BCUT2D eigenvalue weighted by atomic mass is 9.69. The van der Waals surface area contributed by atoms with E-state index < -0.39 is 0 Å². The summed E-state index contributed by atoms with van der Waals surface area (Å²) in [5.74, 6) is 1.27. The van der Waals surface area contributed by atoms with Gasteiger partial charge in [0, 0.05) is 19.0 Å². The van der Waals surface area contributed by atoms with Crippen LogP contribution in [-0.4, -0.2) is 17.4 Å². The monoisotopic (exact) mass is 331 g/mol. The van der Waals surface area contributed by atoms with Crippen LogP contribution in [0.2, 0.25) is 0 Å². The van der Waals surface area contributed by atoms with E-state index in [9.17, 15) is 4.79 Å².